The van der Waals surface area contributed by atoms with E-state index in [1.54, 1.807) is 11.3 Å². The van der Waals surface area contributed by atoms with E-state index >= 15 is 0 Å². The average Bonchev–Trinajstić information content (AvgIpc) is 2.89. The molecule has 144 valence electrons. The van der Waals surface area contributed by atoms with Gasteiger partial charge in [-0.25, -0.2) is 13.8 Å². The van der Waals surface area contributed by atoms with Crippen molar-refractivity contribution < 1.29 is 8.78 Å². The van der Waals surface area contributed by atoms with Crippen LogP contribution in [0.1, 0.15) is 28.1 Å². The molecule has 26 heavy (non-hydrogen) atoms. The third kappa shape index (κ3) is 7.14. The molecule has 0 spiro atoms. The van der Waals surface area contributed by atoms with Crippen molar-refractivity contribution in [2.24, 2.45) is 4.99 Å². The van der Waals surface area contributed by atoms with Crippen LogP contribution in [0.2, 0.25) is 0 Å². The van der Waals surface area contributed by atoms with Crippen molar-refractivity contribution >= 4 is 41.3 Å². The second kappa shape index (κ2) is 11.4. The number of hydrogen-bond donors (Lipinski definition) is 2. The van der Waals surface area contributed by atoms with Crippen LogP contribution >= 0.6 is 35.3 Å². The van der Waals surface area contributed by atoms with Gasteiger partial charge in [-0.1, -0.05) is 0 Å². The highest BCUT2D eigenvalue weighted by Gasteiger charge is 2.05. The number of nitrogens with zero attached hydrogens (tertiary/aromatic N) is 2. The van der Waals surface area contributed by atoms with Crippen molar-refractivity contribution in [1.82, 2.24) is 15.6 Å². The first kappa shape index (κ1) is 22.8. The van der Waals surface area contributed by atoms with Gasteiger partial charge in [0.1, 0.15) is 11.6 Å². The minimum Gasteiger partial charge on any atom is -0.357 e. The predicted molar refractivity (Wildman–Crippen MR) is 115 cm³/mol. The maximum Gasteiger partial charge on any atom is 0.191 e. The molecule has 2 N–H and O–H groups in total. The molecule has 2 rings (SSSR count). The van der Waals surface area contributed by atoms with E-state index in [1.165, 1.54) is 10.9 Å². The molecule has 0 saturated carbocycles. The Kier molecular flexibility index (Phi) is 10.0. The highest BCUT2D eigenvalue weighted by atomic mass is 127. The number of halogens is 3. The first-order chi connectivity index (χ1) is 12.0. The lowest BCUT2D eigenvalue weighted by Crippen LogP contribution is -2.38. The van der Waals surface area contributed by atoms with Gasteiger partial charge in [0.05, 0.1) is 10.7 Å². The van der Waals surface area contributed by atoms with E-state index in [4.69, 9.17) is 0 Å². The summed E-state index contributed by atoms with van der Waals surface area (Å²) in [5.74, 6) is -0.144. The van der Waals surface area contributed by atoms with E-state index in [0.717, 1.165) is 35.8 Å². The molecule has 0 bridgehead atoms. The molecule has 0 radical (unpaired) electrons. The fourth-order valence-corrected chi connectivity index (χ4v) is 3.22. The molecule has 0 saturated heterocycles. The first-order valence-corrected chi connectivity index (χ1v) is 9.20. The molecule has 8 heteroatoms. The van der Waals surface area contributed by atoms with Crippen LogP contribution in [0.15, 0.2) is 23.2 Å². The van der Waals surface area contributed by atoms with Crippen LogP contribution in [0, 0.1) is 25.5 Å². The van der Waals surface area contributed by atoms with Gasteiger partial charge < -0.3 is 10.6 Å². The molecule has 2 aromatic rings. The summed E-state index contributed by atoms with van der Waals surface area (Å²) in [7, 11) is 0. The third-order valence-corrected chi connectivity index (χ3v) is 4.84. The van der Waals surface area contributed by atoms with Crippen LogP contribution < -0.4 is 10.6 Å². The molecular weight excluding hydrogens is 469 g/mol. The van der Waals surface area contributed by atoms with Crippen LogP contribution in [0.4, 0.5) is 8.78 Å². The number of aryl methyl sites for hydroxylation is 2. The average molecular weight is 494 g/mol. The maximum absolute atomic E-state index is 13.6. The molecule has 0 atom stereocenters. The lowest BCUT2D eigenvalue weighted by Gasteiger charge is -2.11. The normalized spacial score (nSPS) is 11.2. The molecule has 0 aliphatic heterocycles. The molecule has 4 nitrogen and oxygen atoms in total. The van der Waals surface area contributed by atoms with Crippen molar-refractivity contribution in [3.63, 3.8) is 0 Å². The topological polar surface area (TPSA) is 49.3 Å². The van der Waals surface area contributed by atoms with Gasteiger partial charge in [0.15, 0.2) is 5.96 Å². The molecule has 0 unspecified atom stereocenters. The number of thiazole rings is 1. The van der Waals surface area contributed by atoms with Gasteiger partial charge in [-0.2, -0.15) is 0 Å². The Morgan fingerprint density at radius 3 is 2.62 bits per heavy atom. The fourth-order valence-electron chi connectivity index (χ4n) is 2.30. The van der Waals surface area contributed by atoms with Crippen molar-refractivity contribution in [3.8, 4) is 0 Å². The van der Waals surface area contributed by atoms with Gasteiger partial charge in [-0.3, -0.25) is 4.99 Å². The zero-order valence-corrected chi connectivity index (χ0v) is 18.4. The molecule has 1 heterocycles. The molecule has 1 aromatic heterocycles. The maximum atomic E-state index is 13.6. The smallest absolute Gasteiger partial charge is 0.191 e. The fraction of sp³-hybridized carbons (Fsp3) is 0.444. The Balaban J connectivity index is 0.00000338. The molecule has 1 aromatic carbocycles. The van der Waals surface area contributed by atoms with Gasteiger partial charge in [0.25, 0.3) is 0 Å². The number of rotatable bonds is 7. The number of aliphatic imine (C=N–C) groups is 1. The highest BCUT2D eigenvalue weighted by molar-refractivity contribution is 14.0. The molecule has 0 aliphatic rings. The predicted octanol–water partition coefficient (Wildman–Crippen LogP) is 4.00. The summed E-state index contributed by atoms with van der Waals surface area (Å²) in [4.78, 5) is 10.3. The Labute approximate surface area is 174 Å². The van der Waals surface area contributed by atoms with E-state index < -0.39 is 5.82 Å². The van der Waals surface area contributed by atoms with Crippen LogP contribution in [-0.4, -0.2) is 30.6 Å². The van der Waals surface area contributed by atoms with Gasteiger partial charge in [-0.05, 0) is 51.0 Å². The minimum absolute atomic E-state index is 0. The summed E-state index contributed by atoms with van der Waals surface area (Å²) in [6.07, 6.45) is 1.17. The molecule has 0 fully saturated rings. The van der Waals surface area contributed by atoms with E-state index in [9.17, 15) is 8.78 Å². The van der Waals surface area contributed by atoms with Crippen molar-refractivity contribution in [3.05, 3.63) is 51.0 Å². The van der Waals surface area contributed by atoms with Gasteiger partial charge in [0.2, 0.25) is 0 Å². The molecule has 0 amide bonds. The van der Waals surface area contributed by atoms with Crippen molar-refractivity contribution in [2.45, 2.75) is 33.6 Å². The van der Waals surface area contributed by atoms with Crippen molar-refractivity contribution in [1.29, 1.82) is 0 Å². The number of aromatic nitrogens is 1. The lowest BCUT2D eigenvalue weighted by atomic mass is 10.1. The Bertz CT molecular complexity index is 714. The zero-order valence-electron chi connectivity index (χ0n) is 15.2. The largest absolute Gasteiger partial charge is 0.357 e. The lowest BCUT2D eigenvalue weighted by molar-refractivity contribution is 0.583. The van der Waals surface area contributed by atoms with Gasteiger partial charge in [-0.15, -0.1) is 35.3 Å². The molecular formula is C18H25F2IN4S. The summed E-state index contributed by atoms with van der Waals surface area (Å²) < 4.78 is 26.8. The van der Waals surface area contributed by atoms with Crippen LogP contribution in [-0.2, 0) is 12.8 Å². The van der Waals surface area contributed by atoms with Gasteiger partial charge in [0, 0.05) is 30.9 Å². The Hall–Kier alpha value is -1.29. The molecule has 0 aliphatic carbocycles. The summed E-state index contributed by atoms with van der Waals surface area (Å²) >= 11 is 1.70. The minimum atomic E-state index is -0.425. The van der Waals surface area contributed by atoms with Crippen LogP contribution in [0.25, 0.3) is 0 Å². The standard InChI is InChI=1S/C18H24F2N4S.HI/c1-4-21-18(23-10-8-17-24-12(2)13(3)25-17)22-9-7-14-11-15(19)5-6-16(14)20;/h5-6,11H,4,7-10H2,1-3H3,(H2,21,22,23);1H. The number of hydrogen-bond acceptors (Lipinski definition) is 3. The quantitative estimate of drug-likeness (QED) is 0.348. The number of guanidine groups is 1. The van der Waals surface area contributed by atoms with Gasteiger partial charge >= 0.3 is 0 Å². The monoisotopic (exact) mass is 494 g/mol. The second-order valence-electron chi connectivity index (χ2n) is 5.67. The summed E-state index contributed by atoms with van der Waals surface area (Å²) in [6, 6.07) is 3.51. The SMILES string of the molecule is CCNC(=NCCc1nc(C)c(C)s1)NCCc1cc(F)ccc1F.I. The van der Waals surface area contributed by atoms with E-state index in [1.807, 2.05) is 13.8 Å². The van der Waals surface area contributed by atoms with Crippen LogP contribution in [0.5, 0.6) is 0 Å². The zero-order chi connectivity index (χ0) is 18.2. The summed E-state index contributed by atoms with van der Waals surface area (Å²) in [5.41, 5.74) is 1.43. The van der Waals surface area contributed by atoms with Crippen LogP contribution in [0.3, 0.4) is 0 Å². The summed E-state index contributed by atoms with van der Waals surface area (Å²) in [5, 5.41) is 7.38. The van der Waals surface area contributed by atoms with E-state index in [0.29, 0.717) is 31.0 Å². The first-order valence-electron chi connectivity index (χ1n) is 8.38. The number of nitrogens with one attached hydrogen (secondary N) is 2. The number of benzene rings is 1. The van der Waals surface area contributed by atoms with Crippen molar-refractivity contribution in [2.75, 3.05) is 19.6 Å². The highest BCUT2D eigenvalue weighted by Crippen LogP contribution is 2.16. The third-order valence-electron chi connectivity index (χ3n) is 3.71. The Morgan fingerprint density at radius 2 is 1.96 bits per heavy atom. The van der Waals surface area contributed by atoms with E-state index in [2.05, 4.69) is 27.5 Å². The Morgan fingerprint density at radius 1 is 1.19 bits per heavy atom. The summed E-state index contributed by atoms with van der Waals surface area (Å²) in [6.45, 7) is 7.89. The second-order valence-corrected chi connectivity index (χ2v) is 6.96. The van der Waals surface area contributed by atoms with E-state index in [-0.39, 0.29) is 29.8 Å².